The van der Waals surface area contributed by atoms with E-state index < -0.39 is 0 Å². The van der Waals surface area contributed by atoms with Crippen LogP contribution in [0.1, 0.15) is 5.56 Å². The van der Waals surface area contributed by atoms with Crippen molar-refractivity contribution in [2.45, 2.75) is 6.42 Å². The third kappa shape index (κ3) is 3.33. The van der Waals surface area contributed by atoms with Gasteiger partial charge < -0.3 is 4.98 Å². The average Bonchev–Trinajstić information content (AvgIpc) is 3.09. The molecule has 0 bridgehead atoms. The molecule has 1 aromatic heterocycles. The van der Waals surface area contributed by atoms with Crippen LogP contribution in [0.4, 0.5) is 0 Å². The molecular formula is C16H16N2OS4. The van der Waals surface area contributed by atoms with E-state index in [1.165, 1.54) is 22.7 Å². The van der Waals surface area contributed by atoms with E-state index in [9.17, 15) is 4.79 Å². The SMILES string of the molecule is CSC(SC)=C1SC(=S)N(CCc2c[nH]c3ccccc23)C1=O. The van der Waals surface area contributed by atoms with Gasteiger partial charge in [-0.25, -0.2) is 0 Å². The van der Waals surface area contributed by atoms with Crippen LogP contribution in [0.15, 0.2) is 39.6 Å². The number of para-hydroxylation sites is 1. The van der Waals surface area contributed by atoms with Crippen molar-refractivity contribution >= 4 is 68.6 Å². The van der Waals surface area contributed by atoms with E-state index in [-0.39, 0.29) is 5.91 Å². The molecule has 23 heavy (non-hydrogen) atoms. The second-order valence-corrected chi connectivity index (χ2v) is 8.49. The van der Waals surface area contributed by atoms with E-state index >= 15 is 0 Å². The molecule has 2 heterocycles. The number of aromatic nitrogens is 1. The molecule has 0 radical (unpaired) electrons. The standard InChI is InChI=1S/C16H16N2OS4/c1-21-15(22-2)13-14(19)18(16(20)23-13)8-7-10-9-17-12-6-4-3-5-11(10)12/h3-6,9,17H,7-8H2,1-2H3. The lowest BCUT2D eigenvalue weighted by atomic mass is 10.1. The van der Waals surface area contributed by atoms with Crippen molar-refractivity contribution in [1.82, 2.24) is 9.88 Å². The maximum atomic E-state index is 12.6. The van der Waals surface area contributed by atoms with Crippen LogP contribution in [0.3, 0.4) is 0 Å². The van der Waals surface area contributed by atoms with Gasteiger partial charge in [0.2, 0.25) is 0 Å². The molecule has 0 aliphatic carbocycles. The van der Waals surface area contributed by atoms with Gasteiger partial charge in [0, 0.05) is 23.6 Å². The van der Waals surface area contributed by atoms with Crippen LogP contribution in [0, 0.1) is 0 Å². The smallest absolute Gasteiger partial charge is 0.267 e. The maximum Gasteiger partial charge on any atom is 0.267 e. The number of nitrogens with zero attached hydrogens (tertiary/aromatic N) is 1. The summed E-state index contributed by atoms with van der Waals surface area (Å²) < 4.78 is 1.70. The number of hydrogen-bond acceptors (Lipinski definition) is 5. The van der Waals surface area contributed by atoms with Crippen LogP contribution in [-0.4, -0.2) is 39.2 Å². The number of benzene rings is 1. The second kappa shape index (κ2) is 7.34. The molecule has 0 saturated carbocycles. The largest absolute Gasteiger partial charge is 0.361 e. The van der Waals surface area contributed by atoms with Gasteiger partial charge in [-0.05, 0) is 30.6 Å². The highest BCUT2D eigenvalue weighted by Gasteiger charge is 2.34. The fourth-order valence-electron chi connectivity index (χ4n) is 2.55. The lowest BCUT2D eigenvalue weighted by molar-refractivity contribution is -0.122. The Hall–Kier alpha value is -0.890. The number of carbonyl (C=O) groups is 1. The Morgan fingerprint density at radius 3 is 2.78 bits per heavy atom. The molecule has 1 aliphatic rings. The predicted molar refractivity (Wildman–Crippen MR) is 108 cm³/mol. The number of hydrogen-bond donors (Lipinski definition) is 1. The van der Waals surface area contributed by atoms with Crippen molar-refractivity contribution in [1.29, 1.82) is 0 Å². The first-order chi connectivity index (χ1) is 11.2. The van der Waals surface area contributed by atoms with Crippen LogP contribution in [-0.2, 0) is 11.2 Å². The van der Waals surface area contributed by atoms with Gasteiger partial charge in [-0.15, -0.1) is 23.5 Å². The predicted octanol–water partition coefficient (Wildman–Crippen LogP) is 4.47. The third-order valence-electron chi connectivity index (χ3n) is 3.69. The summed E-state index contributed by atoms with van der Waals surface area (Å²) in [6, 6.07) is 8.21. The second-order valence-electron chi connectivity index (χ2n) is 4.96. The third-order valence-corrected chi connectivity index (χ3v) is 7.54. The number of H-pyrrole nitrogens is 1. The summed E-state index contributed by atoms with van der Waals surface area (Å²) in [6.07, 6.45) is 6.79. The molecule has 1 fully saturated rings. The number of amides is 1. The highest BCUT2D eigenvalue weighted by molar-refractivity contribution is 8.29. The molecule has 0 spiro atoms. The summed E-state index contributed by atoms with van der Waals surface area (Å²) in [5.41, 5.74) is 2.34. The summed E-state index contributed by atoms with van der Waals surface area (Å²) in [4.78, 5) is 18.4. The molecule has 1 N–H and O–H groups in total. The van der Waals surface area contributed by atoms with E-state index in [1.807, 2.05) is 30.8 Å². The number of nitrogens with one attached hydrogen (secondary N) is 1. The highest BCUT2D eigenvalue weighted by atomic mass is 32.2. The molecule has 1 aromatic carbocycles. The normalized spacial score (nSPS) is 15.0. The molecular weight excluding hydrogens is 364 g/mol. The Morgan fingerprint density at radius 2 is 2.04 bits per heavy atom. The lowest BCUT2D eigenvalue weighted by Crippen LogP contribution is -2.30. The summed E-state index contributed by atoms with van der Waals surface area (Å²) in [5.74, 6) is 0.0403. The van der Waals surface area contributed by atoms with E-state index in [0.717, 1.165) is 21.1 Å². The van der Waals surface area contributed by atoms with Crippen molar-refractivity contribution < 1.29 is 4.79 Å². The highest BCUT2D eigenvalue weighted by Crippen LogP contribution is 2.40. The zero-order valence-corrected chi connectivity index (χ0v) is 16.1. The fourth-order valence-corrected chi connectivity index (χ4v) is 5.68. The molecule has 2 aromatic rings. The zero-order valence-electron chi connectivity index (χ0n) is 12.8. The topological polar surface area (TPSA) is 36.1 Å². The van der Waals surface area contributed by atoms with Gasteiger partial charge in [0.1, 0.15) is 4.32 Å². The molecule has 0 atom stereocenters. The fraction of sp³-hybridized carbons (Fsp3) is 0.250. The minimum absolute atomic E-state index is 0.0403. The Balaban J connectivity index is 1.77. The van der Waals surface area contributed by atoms with Crippen molar-refractivity contribution in [3.63, 3.8) is 0 Å². The summed E-state index contributed by atoms with van der Waals surface area (Å²) in [5, 5.41) is 1.21. The van der Waals surface area contributed by atoms with Crippen LogP contribution in [0.25, 0.3) is 10.9 Å². The van der Waals surface area contributed by atoms with E-state index in [4.69, 9.17) is 12.2 Å². The molecule has 3 nitrogen and oxygen atoms in total. The van der Waals surface area contributed by atoms with Gasteiger partial charge in [-0.3, -0.25) is 9.69 Å². The van der Waals surface area contributed by atoms with Gasteiger partial charge >= 0.3 is 0 Å². The lowest BCUT2D eigenvalue weighted by Gasteiger charge is -2.14. The molecule has 120 valence electrons. The van der Waals surface area contributed by atoms with Crippen molar-refractivity contribution in [2.75, 3.05) is 19.1 Å². The summed E-state index contributed by atoms with van der Waals surface area (Å²) in [6.45, 7) is 0.617. The quantitative estimate of drug-likeness (QED) is 0.612. The van der Waals surface area contributed by atoms with Gasteiger partial charge in [0.25, 0.3) is 5.91 Å². The molecule has 7 heteroatoms. The number of thiocarbonyl (C=S) groups is 1. The van der Waals surface area contributed by atoms with Crippen molar-refractivity contribution in [2.24, 2.45) is 0 Å². The molecule has 1 amide bonds. The summed E-state index contributed by atoms with van der Waals surface area (Å²) >= 11 is 10.0. The van der Waals surface area contributed by atoms with E-state index in [1.54, 1.807) is 28.4 Å². The zero-order chi connectivity index (χ0) is 16.4. The van der Waals surface area contributed by atoms with Crippen molar-refractivity contribution in [3.8, 4) is 0 Å². The molecule has 0 unspecified atom stereocenters. The van der Waals surface area contributed by atoms with Crippen LogP contribution in [0.2, 0.25) is 0 Å². The van der Waals surface area contributed by atoms with E-state index in [0.29, 0.717) is 10.9 Å². The van der Waals surface area contributed by atoms with Crippen LogP contribution < -0.4 is 0 Å². The minimum atomic E-state index is 0.0403. The van der Waals surface area contributed by atoms with Crippen LogP contribution in [0.5, 0.6) is 0 Å². The van der Waals surface area contributed by atoms with Crippen LogP contribution >= 0.6 is 47.5 Å². The molecule has 1 saturated heterocycles. The van der Waals surface area contributed by atoms with E-state index in [2.05, 4.69) is 17.1 Å². The number of fused-ring (bicyclic) bond motifs is 1. The number of aromatic amines is 1. The number of carbonyl (C=O) groups excluding carboxylic acids is 1. The maximum absolute atomic E-state index is 12.6. The summed E-state index contributed by atoms with van der Waals surface area (Å²) in [7, 11) is 0. The first kappa shape index (κ1) is 17.0. The van der Waals surface area contributed by atoms with Crippen molar-refractivity contribution in [3.05, 3.63) is 45.2 Å². The first-order valence-corrected chi connectivity index (χ1v) is 10.7. The Labute approximate surface area is 153 Å². The molecule has 3 rings (SSSR count). The molecule has 1 aliphatic heterocycles. The Morgan fingerprint density at radius 1 is 1.30 bits per heavy atom. The Bertz CT molecular complexity index is 790. The monoisotopic (exact) mass is 380 g/mol. The minimum Gasteiger partial charge on any atom is -0.361 e. The van der Waals surface area contributed by atoms with Gasteiger partial charge in [-0.2, -0.15) is 0 Å². The Kier molecular flexibility index (Phi) is 5.41. The first-order valence-electron chi connectivity index (χ1n) is 7.06. The van der Waals surface area contributed by atoms with Gasteiger partial charge in [0.05, 0.1) is 9.14 Å². The number of thioether (sulfide) groups is 3. The average molecular weight is 381 g/mol. The number of rotatable bonds is 5. The van der Waals surface area contributed by atoms with Gasteiger partial charge in [0.15, 0.2) is 0 Å². The van der Waals surface area contributed by atoms with Gasteiger partial charge in [-0.1, -0.05) is 42.2 Å².